The molecule has 5 heterocycles. The van der Waals surface area contributed by atoms with Crippen molar-refractivity contribution in [3.8, 4) is 67.9 Å². The van der Waals surface area contributed by atoms with Gasteiger partial charge in [0.05, 0.1) is 97.0 Å². The third-order valence-electron chi connectivity index (χ3n) is 24.4. The fourth-order valence-corrected chi connectivity index (χ4v) is 17.2. The number of aromatic nitrogens is 4. The van der Waals surface area contributed by atoms with Gasteiger partial charge >= 0.3 is 462 Å². The Bertz CT molecular complexity index is 4720. The molecule has 0 fully saturated rings. The van der Waals surface area contributed by atoms with Gasteiger partial charge in [-0.25, -0.2) is 9.97 Å². The van der Waals surface area contributed by atoms with Crippen LogP contribution in [-0.4, -0.2) is 113 Å². The minimum absolute atomic E-state index is 0. The first kappa shape index (κ1) is 149. The molecule has 0 saturated heterocycles. The van der Waals surface area contributed by atoms with Gasteiger partial charge in [0.1, 0.15) is 34.5 Å². The van der Waals surface area contributed by atoms with Gasteiger partial charge in [-0.05, 0) is 207 Å². The summed E-state index contributed by atoms with van der Waals surface area (Å²) in [6, 6.07) is 17.8. The van der Waals surface area contributed by atoms with Crippen molar-refractivity contribution >= 4 is 100 Å². The van der Waals surface area contributed by atoms with Gasteiger partial charge in [-0.2, -0.15) is 0 Å². The van der Waals surface area contributed by atoms with E-state index in [1.54, 1.807) is 0 Å². The van der Waals surface area contributed by atoms with E-state index >= 15 is 0 Å². The molecular formula is C107H137K9N4O24. The summed E-state index contributed by atoms with van der Waals surface area (Å²) in [6.45, 7) is 0.787. The smallest absolute Gasteiger partial charge is 0.550 e. The van der Waals surface area contributed by atoms with Crippen molar-refractivity contribution < 1.29 is 580 Å². The molecule has 3 aromatic heterocycles. The molecule has 738 valence electrons. The number of aromatic carboxylic acids is 3. The number of unbranched alkanes of at least 4 members (excludes halogenated alkanes) is 42. The van der Waals surface area contributed by atoms with Crippen LogP contribution < -0.4 is 537 Å². The standard InChI is InChI=1S/C107H146N4O24.9K/c112-93(113)49-37-25-13-1-7-19-31-43-63-130-87-69-76(105(124)125)70-88(131-64-44-32-20-8-2-14-26-38-50-94(114)115)102(87)99-81-57-55-79(108-81)75-80-56-58-82(109-80)100(103-89(132-65-45-33-21-9-3-15-27-39-51-95(116)117)71-77(106(126)127)72-90(103)133-66-46-34-22-10-4-16-28-40-52-96(118)119)84-60-62-86(111-84)101(85-61-59-83(99)110-85)104-91(134-67-47-35-23-11-5-17-29-41-53-97(120)121)73-78(107(128)129)74-92(104)135-68-48-36-24-12-6-18-30-42-54-98(122)123;;;;;;;;;/h55-62,69-75,108,111H,1-54,63-68H2,(H,112,113)(H,114,115)(H,116,117)(H,118,119)(H,120,121)(H,122,123)(H,124,125)(H,126,127)(H,128,129);;;;;;;;;/q;9*+1/p-9. The quantitative estimate of drug-likeness (QED) is 0.0264. The van der Waals surface area contributed by atoms with E-state index in [0.29, 0.717) is 150 Å². The maximum Gasteiger partial charge on any atom is 1.00 e. The van der Waals surface area contributed by atoms with Crippen molar-refractivity contribution in [2.24, 2.45) is 0 Å². The number of carbonyl (C=O) groups excluding carboxylic acids is 9. The van der Waals surface area contributed by atoms with E-state index in [1.165, 1.54) is 36.4 Å². The summed E-state index contributed by atoms with van der Waals surface area (Å²) < 4.78 is 41.4. The largest absolute Gasteiger partial charge is 1.00 e. The van der Waals surface area contributed by atoms with Gasteiger partial charge in [0.25, 0.3) is 0 Å². The minimum Gasteiger partial charge on any atom is -0.550 e. The Kier molecular flexibility index (Phi) is 93.9. The van der Waals surface area contributed by atoms with Crippen LogP contribution in [0.3, 0.4) is 0 Å². The normalized spacial score (nSPS) is 10.9. The van der Waals surface area contributed by atoms with Gasteiger partial charge in [-0.15, -0.1) is 0 Å². The van der Waals surface area contributed by atoms with E-state index in [0.717, 1.165) is 231 Å². The molecule has 0 atom stereocenters. The summed E-state index contributed by atoms with van der Waals surface area (Å²) >= 11 is 0. The maximum absolute atomic E-state index is 13.6. The van der Waals surface area contributed by atoms with E-state index < -0.39 is 53.7 Å². The van der Waals surface area contributed by atoms with Gasteiger partial charge < -0.3 is 127 Å². The first-order chi connectivity index (χ1) is 65.5. The fraction of sp³-hybridized carbons (Fsp3) is 0.561. The third-order valence-corrected chi connectivity index (χ3v) is 24.4. The van der Waals surface area contributed by atoms with Crippen LogP contribution in [0, 0.1) is 0 Å². The molecule has 2 N–H and O–H groups in total. The van der Waals surface area contributed by atoms with Gasteiger partial charge in [0.2, 0.25) is 0 Å². The van der Waals surface area contributed by atoms with Crippen molar-refractivity contribution in [1.29, 1.82) is 0 Å². The molecule has 0 saturated carbocycles. The molecule has 2 aliphatic heterocycles. The van der Waals surface area contributed by atoms with Crippen molar-refractivity contribution in [2.75, 3.05) is 39.6 Å². The van der Waals surface area contributed by atoms with E-state index in [1.807, 2.05) is 54.6 Å². The molecule has 37 heteroatoms. The number of aromatic amines is 2. The van der Waals surface area contributed by atoms with Crippen molar-refractivity contribution in [2.45, 2.75) is 347 Å². The number of hydrogen-bond acceptors (Lipinski definition) is 26. The molecule has 8 bridgehead atoms. The number of aliphatic carboxylic acids is 6. The maximum atomic E-state index is 13.6. The second kappa shape index (κ2) is 90.7. The minimum atomic E-state index is -1.52. The molecule has 0 spiro atoms. The number of carbonyl (C=O) groups is 9. The molecule has 28 nitrogen and oxygen atoms in total. The summed E-state index contributed by atoms with van der Waals surface area (Å²) in [5.74, 6) is -10.1. The zero-order valence-electron chi connectivity index (χ0n) is 87.8. The average Bonchev–Trinajstić information content (AvgIpc) is 1.52. The predicted octanol–water partition coefficient (Wildman–Crippen LogP) is -12.4. The molecule has 0 aliphatic carbocycles. The van der Waals surface area contributed by atoms with Crippen LogP contribution in [-0.2, 0) is 28.8 Å². The van der Waals surface area contributed by atoms with Crippen LogP contribution in [0.15, 0.2) is 66.7 Å². The second-order valence-electron chi connectivity index (χ2n) is 35.6. The molecule has 3 aromatic carbocycles. The van der Waals surface area contributed by atoms with Crippen LogP contribution in [0.5, 0.6) is 34.5 Å². The van der Waals surface area contributed by atoms with Crippen LogP contribution in [0.25, 0.3) is 79.8 Å². The summed E-state index contributed by atoms with van der Waals surface area (Å²) in [6.07, 6.45) is 44.1. The zero-order chi connectivity index (χ0) is 96.6. The Morgan fingerprint density at radius 2 is 0.389 bits per heavy atom. The third kappa shape index (κ3) is 60.5. The van der Waals surface area contributed by atoms with E-state index in [4.69, 9.17) is 38.4 Å². The molecule has 0 radical (unpaired) electrons. The number of carboxylic acid groups (broad SMARTS) is 9. The van der Waals surface area contributed by atoms with Gasteiger partial charge in [0, 0.05) is 91.3 Å². The van der Waals surface area contributed by atoms with Gasteiger partial charge in [-0.3, -0.25) is 0 Å². The van der Waals surface area contributed by atoms with E-state index in [9.17, 15) is 89.1 Å². The van der Waals surface area contributed by atoms with Gasteiger partial charge in [0.15, 0.2) is 0 Å². The summed E-state index contributed by atoms with van der Waals surface area (Å²) in [5.41, 5.74) is 4.78. The van der Waals surface area contributed by atoms with Crippen LogP contribution in [0.2, 0.25) is 0 Å². The number of ether oxygens (including phenoxy) is 6. The number of hydrogen-bond donors (Lipinski definition) is 2. The average molecular weight is 2220 g/mol. The number of nitrogens with one attached hydrogen (secondary N) is 2. The number of H-pyrrole nitrogens is 2. The predicted molar refractivity (Wildman–Crippen MR) is 500 cm³/mol. The van der Waals surface area contributed by atoms with E-state index in [2.05, 4.69) is 9.97 Å². The SMILES string of the molecule is O=C([O-])CCCCCCCCCCOc1cc(C(=O)[O-])cc(OCCCCCCCCCCC(=O)[O-])c1-c1c2nc(c(-c3c(OCCCCCCCCCCC(=O)[O-])cc(C(=O)[O-])cc3OCCCCCCCCCCC(=O)[O-])c3ccc([nH]3)c(-c3c(OCCCCCCCCCCC(=O)[O-])cc(C(=O)[O-])cc3OCCCCCCCCCCC(=O)[O-])c3nc(cc4ccc1[nH]4)C=C3)C=C2.[K+].[K+].[K+].[K+].[K+].[K+].[K+].[K+].[K+]. The second-order valence-corrected chi connectivity index (χ2v) is 35.6. The van der Waals surface area contributed by atoms with Gasteiger partial charge in [-0.1, -0.05) is 231 Å². The summed E-state index contributed by atoms with van der Waals surface area (Å²) in [7, 11) is 0. The molecule has 0 amide bonds. The molecule has 144 heavy (non-hydrogen) atoms. The topological polar surface area (TPSA) is 474 Å². The van der Waals surface area contributed by atoms with E-state index in [-0.39, 0.29) is 597 Å². The van der Waals surface area contributed by atoms with Crippen LogP contribution in [0.1, 0.15) is 401 Å². The Morgan fingerprint density at radius 3 is 0.597 bits per heavy atom. The van der Waals surface area contributed by atoms with Crippen LogP contribution >= 0.6 is 0 Å². The van der Waals surface area contributed by atoms with Crippen molar-refractivity contribution in [3.63, 3.8) is 0 Å². The first-order valence-corrected chi connectivity index (χ1v) is 49.8. The number of carboxylic acids is 9. The zero-order valence-corrected chi connectivity index (χ0v) is 116. The number of rotatable bonds is 78. The number of fused-ring (bicyclic) bond motifs is 8. The monoisotopic (exact) mass is 2210 g/mol. The fourth-order valence-electron chi connectivity index (χ4n) is 17.2. The number of nitrogens with zero attached hydrogens (tertiary/aromatic N) is 2. The Balaban J connectivity index is 0. The molecule has 8 rings (SSSR count). The van der Waals surface area contributed by atoms with Crippen molar-refractivity contribution in [3.05, 3.63) is 106 Å². The Labute approximate surface area is 1230 Å². The van der Waals surface area contributed by atoms with Crippen molar-refractivity contribution in [1.82, 2.24) is 19.9 Å². The summed E-state index contributed by atoms with van der Waals surface area (Å²) in [5, 5.41) is 107. The molecular weight excluding hydrogens is 2080 g/mol. The first-order valence-electron chi connectivity index (χ1n) is 49.8. The number of benzene rings is 3. The molecule has 6 aromatic rings. The van der Waals surface area contributed by atoms with Crippen LogP contribution in [0.4, 0.5) is 0 Å². The Hall–Kier alpha value is 3.02. The Morgan fingerprint density at radius 1 is 0.208 bits per heavy atom. The molecule has 2 aliphatic rings. The summed E-state index contributed by atoms with van der Waals surface area (Å²) in [4.78, 5) is 126. The molecule has 0 unspecified atom stereocenters.